The van der Waals surface area contributed by atoms with Crippen molar-refractivity contribution in [1.29, 1.82) is 0 Å². The Morgan fingerprint density at radius 3 is 2.44 bits per heavy atom. The Balaban J connectivity index is 4.14. The molecule has 0 saturated heterocycles. The van der Waals surface area contributed by atoms with E-state index < -0.39 is 0 Å². The van der Waals surface area contributed by atoms with E-state index >= 15 is 0 Å². The molecule has 0 aromatic carbocycles. The monoisotopic (exact) mass is 252 g/mol. The van der Waals surface area contributed by atoms with E-state index in [4.69, 9.17) is 0 Å². The van der Waals surface area contributed by atoms with Crippen LogP contribution in [0.2, 0.25) is 0 Å². The van der Waals surface area contributed by atoms with Crippen LogP contribution in [0.4, 0.5) is 0 Å². The van der Waals surface area contributed by atoms with Crippen LogP contribution in [-0.4, -0.2) is 18.8 Å². The highest BCUT2D eigenvalue weighted by molar-refractivity contribution is 5.07. The highest BCUT2D eigenvalue weighted by Crippen LogP contribution is 2.05. The third-order valence-corrected chi connectivity index (χ3v) is 3.49. The maximum atomic E-state index is 3.89. The van der Waals surface area contributed by atoms with Crippen molar-refractivity contribution in [2.24, 2.45) is 5.92 Å². The van der Waals surface area contributed by atoms with Crippen LogP contribution in [0.25, 0.3) is 0 Å². The van der Waals surface area contributed by atoms with Crippen molar-refractivity contribution in [3.05, 3.63) is 24.3 Å². The van der Waals surface area contributed by atoms with E-state index in [0.29, 0.717) is 12.0 Å². The number of hydrogen-bond donors (Lipinski definition) is 2. The van der Waals surface area contributed by atoms with Gasteiger partial charge in [-0.05, 0) is 32.7 Å². The summed E-state index contributed by atoms with van der Waals surface area (Å²) < 4.78 is 0. The summed E-state index contributed by atoms with van der Waals surface area (Å²) in [4.78, 5) is 0. The van der Waals surface area contributed by atoms with E-state index in [0.717, 1.165) is 13.0 Å². The summed E-state index contributed by atoms with van der Waals surface area (Å²) in [5.41, 5.74) is 1.41. The smallest absolute Gasteiger partial charge is 0.0766 e. The second kappa shape index (κ2) is 10.3. The third kappa shape index (κ3) is 7.67. The lowest BCUT2D eigenvalue weighted by molar-refractivity contribution is 0.413. The van der Waals surface area contributed by atoms with Gasteiger partial charge in [-0.3, -0.25) is 10.6 Å². The Hall–Kier alpha value is -0.600. The van der Waals surface area contributed by atoms with E-state index in [9.17, 15) is 0 Å². The Kier molecular flexibility index (Phi) is 9.99. The fourth-order valence-electron chi connectivity index (χ4n) is 1.63. The minimum atomic E-state index is 0.193. The molecule has 18 heavy (non-hydrogen) atoms. The fraction of sp³-hybridized carbons (Fsp3) is 0.750. The van der Waals surface area contributed by atoms with Crippen molar-refractivity contribution in [3.8, 4) is 0 Å². The molecule has 2 N–H and O–H groups in total. The first-order valence-electron chi connectivity index (χ1n) is 7.33. The average molecular weight is 252 g/mol. The van der Waals surface area contributed by atoms with Crippen LogP contribution in [0.5, 0.6) is 0 Å². The van der Waals surface area contributed by atoms with E-state index in [1.807, 2.05) is 6.08 Å². The zero-order chi connectivity index (χ0) is 14.0. The molecule has 0 aromatic rings. The highest BCUT2D eigenvalue weighted by Gasteiger charge is 2.10. The first-order chi connectivity index (χ1) is 8.54. The maximum Gasteiger partial charge on any atom is 0.0766 e. The molecule has 0 spiro atoms. The third-order valence-electron chi connectivity index (χ3n) is 3.49. The molecule has 2 heteroatoms. The molecule has 0 heterocycles. The summed E-state index contributed by atoms with van der Waals surface area (Å²) in [5.74, 6) is 0.710. The number of allylic oxidation sites excluding steroid dienone is 1. The van der Waals surface area contributed by atoms with Gasteiger partial charge in [-0.1, -0.05) is 51.3 Å². The normalized spacial score (nSPS) is 17.3. The summed E-state index contributed by atoms with van der Waals surface area (Å²) in [6.45, 7) is 16.0. The molecule has 0 bridgehead atoms. The van der Waals surface area contributed by atoms with E-state index in [-0.39, 0.29) is 6.17 Å². The van der Waals surface area contributed by atoms with Crippen molar-refractivity contribution < 1.29 is 0 Å². The van der Waals surface area contributed by atoms with Crippen LogP contribution in [0.15, 0.2) is 24.3 Å². The predicted molar refractivity (Wildman–Crippen MR) is 82.7 cm³/mol. The lowest BCUT2D eigenvalue weighted by atomic mass is 10.1. The van der Waals surface area contributed by atoms with Gasteiger partial charge in [0, 0.05) is 6.04 Å². The van der Waals surface area contributed by atoms with E-state index in [2.05, 4.69) is 57.9 Å². The van der Waals surface area contributed by atoms with Crippen LogP contribution < -0.4 is 10.6 Å². The van der Waals surface area contributed by atoms with Gasteiger partial charge in [-0.15, -0.1) is 6.58 Å². The summed E-state index contributed by atoms with van der Waals surface area (Å²) >= 11 is 0. The van der Waals surface area contributed by atoms with Gasteiger partial charge in [0.05, 0.1) is 6.17 Å². The van der Waals surface area contributed by atoms with Gasteiger partial charge in [0.1, 0.15) is 0 Å². The summed E-state index contributed by atoms with van der Waals surface area (Å²) in [5, 5.41) is 7.06. The zero-order valence-electron chi connectivity index (χ0n) is 12.9. The van der Waals surface area contributed by atoms with Crippen LogP contribution in [-0.2, 0) is 0 Å². The van der Waals surface area contributed by atoms with Crippen LogP contribution in [0, 0.1) is 5.92 Å². The van der Waals surface area contributed by atoms with E-state index in [1.165, 1.54) is 18.4 Å². The van der Waals surface area contributed by atoms with Crippen LogP contribution >= 0.6 is 0 Å². The SMILES string of the molecule is C=CC(NCC(C)CC)NC(C)/C(C)=C/CCC. The van der Waals surface area contributed by atoms with Gasteiger partial charge in [0.2, 0.25) is 0 Å². The minimum absolute atomic E-state index is 0.193. The molecule has 0 amide bonds. The van der Waals surface area contributed by atoms with Gasteiger partial charge in [0.15, 0.2) is 0 Å². The second-order valence-corrected chi connectivity index (χ2v) is 5.26. The van der Waals surface area contributed by atoms with Gasteiger partial charge < -0.3 is 0 Å². The zero-order valence-corrected chi connectivity index (χ0v) is 12.9. The van der Waals surface area contributed by atoms with Crippen molar-refractivity contribution >= 4 is 0 Å². The quantitative estimate of drug-likeness (QED) is 0.456. The van der Waals surface area contributed by atoms with Crippen molar-refractivity contribution in [1.82, 2.24) is 10.6 Å². The molecule has 3 unspecified atom stereocenters. The standard InChI is InChI=1S/C16H32N2/c1-7-10-11-14(5)15(6)18-16(9-3)17-12-13(4)8-2/h9,11,13,15-18H,3,7-8,10,12H2,1-2,4-6H3/b14-11+. The van der Waals surface area contributed by atoms with Gasteiger partial charge in [0.25, 0.3) is 0 Å². The van der Waals surface area contributed by atoms with Crippen molar-refractivity contribution in [3.63, 3.8) is 0 Å². The van der Waals surface area contributed by atoms with Gasteiger partial charge >= 0.3 is 0 Å². The molecule has 0 aliphatic heterocycles. The maximum absolute atomic E-state index is 3.89. The highest BCUT2D eigenvalue weighted by atomic mass is 15.1. The molecule has 0 fully saturated rings. The molecular formula is C16H32N2. The first kappa shape index (κ1) is 17.4. The molecule has 0 radical (unpaired) electrons. The predicted octanol–water partition coefficient (Wildman–Crippen LogP) is 3.86. The molecule has 0 aromatic heterocycles. The Morgan fingerprint density at radius 2 is 1.94 bits per heavy atom. The largest absolute Gasteiger partial charge is 0.298 e. The lowest BCUT2D eigenvalue weighted by Crippen LogP contribution is -2.46. The van der Waals surface area contributed by atoms with Gasteiger partial charge in [-0.25, -0.2) is 0 Å². The fourth-order valence-corrected chi connectivity index (χ4v) is 1.63. The van der Waals surface area contributed by atoms with Gasteiger partial charge in [-0.2, -0.15) is 0 Å². The van der Waals surface area contributed by atoms with Crippen molar-refractivity contribution in [2.45, 2.75) is 66.1 Å². The molecule has 0 saturated carbocycles. The number of hydrogen-bond acceptors (Lipinski definition) is 2. The number of rotatable bonds is 10. The molecule has 106 valence electrons. The summed E-state index contributed by atoms with van der Waals surface area (Å²) in [6, 6.07) is 0.393. The van der Waals surface area contributed by atoms with Crippen LogP contribution in [0.3, 0.4) is 0 Å². The Bertz CT molecular complexity index is 245. The summed E-state index contributed by atoms with van der Waals surface area (Å²) in [7, 11) is 0. The Labute approximate surface area is 114 Å². The second-order valence-electron chi connectivity index (χ2n) is 5.26. The molecular weight excluding hydrogens is 220 g/mol. The molecule has 0 rings (SSSR count). The number of nitrogens with one attached hydrogen (secondary N) is 2. The van der Waals surface area contributed by atoms with Crippen LogP contribution in [0.1, 0.15) is 53.9 Å². The average Bonchev–Trinajstić information content (AvgIpc) is 2.39. The molecule has 0 aliphatic rings. The molecule has 2 nitrogen and oxygen atoms in total. The van der Waals surface area contributed by atoms with E-state index in [1.54, 1.807) is 0 Å². The number of unbranched alkanes of at least 4 members (excludes halogenated alkanes) is 1. The molecule has 0 aliphatic carbocycles. The lowest BCUT2D eigenvalue weighted by Gasteiger charge is -2.24. The van der Waals surface area contributed by atoms with Crippen molar-refractivity contribution in [2.75, 3.05) is 6.54 Å². The Morgan fingerprint density at radius 1 is 1.28 bits per heavy atom. The topological polar surface area (TPSA) is 24.1 Å². The minimum Gasteiger partial charge on any atom is -0.298 e. The molecule has 3 atom stereocenters. The summed E-state index contributed by atoms with van der Waals surface area (Å²) in [6.07, 6.45) is 8.05. The first-order valence-corrected chi connectivity index (χ1v) is 7.33.